The van der Waals surface area contributed by atoms with E-state index in [-0.39, 0.29) is 5.41 Å². The highest BCUT2D eigenvalue weighted by molar-refractivity contribution is 5.41. The number of methoxy groups -OCH3 is 2. The molecule has 1 fully saturated rings. The average Bonchev–Trinajstić information content (AvgIpc) is 2.54. The van der Waals surface area contributed by atoms with E-state index in [9.17, 15) is 0 Å². The summed E-state index contributed by atoms with van der Waals surface area (Å²) in [7, 11) is 3.37. The maximum atomic E-state index is 5.47. The molecule has 1 saturated heterocycles. The summed E-state index contributed by atoms with van der Waals surface area (Å²) in [4.78, 5) is 6.92. The molecule has 0 spiro atoms. The molecule has 0 amide bonds. The summed E-state index contributed by atoms with van der Waals surface area (Å²) in [6, 6.07) is 12.1. The fraction of sp³-hybridized carbons (Fsp3) is 0.389. The van der Waals surface area contributed by atoms with Crippen LogP contribution >= 0.6 is 0 Å². The number of nitrogens with zero attached hydrogens (tertiary/aromatic N) is 2. The van der Waals surface area contributed by atoms with E-state index in [0.717, 1.165) is 31.1 Å². The first kappa shape index (κ1) is 14.9. The lowest BCUT2D eigenvalue weighted by Gasteiger charge is -2.47. The summed E-state index contributed by atoms with van der Waals surface area (Å²) in [5.41, 5.74) is 2.51. The van der Waals surface area contributed by atoms with Crippen LogP contribution in [0.15, 0.2) is 42.6 Å². The Bertz CT molecular complexity index is 637. The lowest BCUT2D eigenvalue weighted by molar-refractivity contribution is 0.0666. The Labute approximate surface area is 131 Å². The fourth-order valence-corrected chi connectivity index (χ4v) is 3.16. The normalized spacial score (nSPS) is 16.9. The molecule has 0 aliphatic carbocycles. The van der Waals surface area contributed by atoms with Gasteiger partial charge in [-0.1, -0.05) is 19.1 Å². The summed E-state index contributed by atoms with van der Waals surface area (Å²) in [5.74, 6) is 1.70. The van der Waals surface area contributed by atoms with Gasteiger partial charge < -0.3 is 9.47 Å². The van der Waals surface area contributed by atoms with Crippen LogP contribution in [-0.2, 0) is 12.0 Å². The quantitative estimate of drug-likeness (QED) is 0.850. The maximum absolute atomic E-state index is 5.47. The maximum Gasteiger partial charge on any atom is 0.127 e. The number of benzene rings is 1. The molecular weight excluding hydrogens is 276 g/mol. The van der Waals surface area contributed by atoms with Crippen molar-refractivity contribution in [1.82, 2.24) is 9.88 Å². The highest BCUT2D eigenvalue weighted by Crippen LogP contribution is 2.35. The molecule has 1 aliphatic heterocycles. The molecule has 3 rings (SSSR count). The van der Waals surface area contributed by atoms with Crippen LogP contribution in [0.3, 0.4) is 0 Å². The van der Waals surface area contributed by atoms with Crippen molar-refractivity contribution in [3.63, 3.8) is 0 Å². The minimum atomic E-state index is 0.154. The summed E-state index contributed by atoms with van der Waals surface area (Å²) in [6.07, 6.45) is 1.87. The van der Waals surface area contributed by atoms with Crippen LogP contribution in [0.2, 0.25) is 0 Å². The topological polar surface area (TPSA) is 34.6 Å². The van der Waals surface area contributed by atoms with Gasteiger partial charge in [0.05, 0.1) is 14.2 Å². The first-order valence-electron chi connectivity index (χ1n) is 7.49. The zero-order valence-electron chi connectivity index (χ0n) is 13.4. The molecule has 116 valence electrons. The zero-order valence-corrected chi connectivity index (χ0v) is 13.4. The van der Waals surface area contributed by atoms with Gasteiger partial charge in [0.1, 0.15) is 11.5 Å². The molecule has 0 N–H and O–H groups in total. The van der Waals surface area contributed by atoms with Crippen molar-refractivity contribution in [1.29, 1.82) is 0 Å². The average molecular weight is 298 g/mol. The SMILES string of the molecule is COc1ccc(CN2CC(C)(c3ccccn3)C2)c(OC)c1. The first-order chi connectivity index (χ1) is 10.6. The van der Waals surface area contributed by atoms with E-state index in [4.69, 9.17) is 9.47 Å². The molecule has 4 nitrogen and oxygen atoms in total. The second-order valence-corrected chi connectivity index (χ2v) is 6.10. The van der Waals surface area contributed by atoms with E-state index >= 15 is 0 Å². The number of rotatable bonds is 5. The number of hydrogen-bond donors (Lipinski definition) is 0. The van der Waals surface area contributed by atoms with Gasteiger partial charge in [0, 0.05) is 48.6 Å². The zero-order chi connectivity index (χ0) is 15.6. The van der Waals surface area contributed by atoms with Gasteiger partial charge in [0.25, 0.3) is 0 Å². The van der Waals surface area contributed by atoms with Gasteiger partial charge in [0.2, 0.25) is 0 Å². The molecule has 0 unspecified atom stereocenters. The monoisotopic (exact) mass is 298 g/mol. The first-order valence-corrected chi connectivity index (χ1v) is 7.49. The molecule has 2 aromatic rings. The third-order valence-corrected chi connectivity index (χ3v) is 4.32. The Kier molecular flexibility index (Phi) is 4.03. The van der Waals surface area contributed by atoms with E-state index < -0.39 is 0 Å². The third-order valence-electron chi connectivity index (χ3n) is 4.32. The van der Waals surface area contributed by atoms with Crippen LogP contribution in [0.4, 0.5) is 0 Å². The Balaban J connectivity index is 1.67. The predicted octanol–water partition coefficient (Wildman–Crippen LogP) is 2.87. The Morgan fingerprint density at radius 3 is 2.59 bits per heavy atom. The van der Waals surface area contributed by atoms with E-state index in [0.29, 0.717) is 0 Å². The number of ether oxygens (including phenoxy) is 2. The highest BCUT2D eigenvalue weighted by atomic mass is 16.5. The lowest BCUT2D eigenvalue weighted by atomic mass is 9.78. The van der Waals surface area contributed by atoms with Crippen LogP contribution in [0.5, 0.6) is 11.5 Å². The van der Waals surface area contributed by atoms with E-state index in [1.807, 2.05) is 24.4 Å². The van der Waals surface area contributed by atoms with Gasteiger partial charge in [-0.15, -0.1) is 0 Å². The lowest BCUT2D eigenvalue weighted by Crippen LogP contribution is -2.57. The summed E-state index contributed by atoms with van der Waals surface area (Å²) < 4.78 is 10.7. The van der Waals surface area contributed by atoms with Gasteiger partial charge in [0.15, 0.2) is 0 Å². The van der Waals surface area contributed by atoms with Crippen molar-refractivity contribution in [2.24, 2.45) is 0 Å². The van der Waals surface area contributed by atoms with Crippen molar-refractivity contribution >= 4 is 0 Å². The van der Waals surface area contributed by atoms with Gasteiger partial charge in [-0.05, 0) is 18.2 Å². The van der Waals surface area contributed by atoms with Crippen molar-refractivity contribution < 1.29 is 9.47 Å². The van der Waals surface area contributed by atoms with E-state index in [1.165, 1.54) is 11.3 Å². The molecule has 22 heavy (non-hydrogen) atoms. The van der Waals surface area contributed by atoms with E-state index in [1.54, 1.807) is 14.2 Å². The Hall–Kier alpha value is -2.07. The van der Waals surface area contributed by atoms with Crippen molar-refractivity contribution in [2.45, 2.75) is 18.9 Å². The molecule has 1 aromatic carbocycles. The second-order valence-electron chi connectivity index (χ2n) is 6.10. The molecule has 2 heterocycles. The fourth-order valence-electron chi connectivity index (χ4n) is 3.16. The molecule has 4 heteroatoms. The van der Waals surface area contributed by atoms with Crippen LogP contribution in [-0.4, -0.2) is 37.2 Å². The summed E-state index contributed by atoms with van der Waals surface area (Å²) in [5, 5.41) is 0. The van der Waals surface area contributed by atoms with Crippen molar-refractivity contribution in [2.75, 3.05) is 27.3 Å². The highest BCUT2D eigenvalue weighted by Gasteiger charge is 2.41. The van der Waals surface area contributed by atoms with Crippen LogP contribution in [0.25, 0.3) is 0 Å². The van der Waals surface area contributed by atoms with Crippen LogP contribution < -0.4 is 9.47 Å². The van der Waals surface area contributed by atoms with Crippen LogP contribution in [0, 0.1) is 0 Å². The van der Waals surface area contributed by atoms with Gasteiger partial charge in [-0.25, -0.2) is 0 Å². The largest absolute Gasteiger partial charge is 0.497 e. The number of hydrogen-bond acceptors (Lipinski definition) is 4. The standard InChI is InChI=1S/C18H22N2O2/c1-18(17-6-4-5-9-19-17)12-20(13-18)11-14-7-8-15(21-2)10-16(14)22-3/h4-10H,11-13H2,1-3H3. The number of likely N-dealkylation sites (tertiary alicyclic amines) is 1. The van der Waals surface area contributed by atoms with Gasteiger partial charge >= 0.3 is 0 Å². The molecule has 1 aromatic heterocycles. The predicted molar refractivity (Wildman–Crippen MR) is 86.4 cm³/mol. The number of pyridine rings is 1. The van der Waals surface area contributed by atoms with Crippen molar-refractivity contribution in [3.8, 4) is 11.5 Å². The van der Waals surface area contributed by atoms with Gasteiger partial charge in [-0.3, -0.25) is 9.88 Å². The third kappa shape index (κ3) is 2.79. The minimum absolute atomic E-state index is 0.154. The smallest absolute Gasteiger partial charge is 0.127 e. The molecule has 1 aliphatic rings. The van der Waals surface area contributed by atoms with Crippen LogP contribution in [0.1, 0.15) is 18.2 Å². The Morgan fingerprint density at radius 1 is 1.14 bits per heavy atom. The summed E-state index contributed by atoms with van der Waals surface area (Å²) >= 11 is 0. The summed E-state index contributed by atoms with van der Waals surface area (Å²) in [6.45, 7) is 5.19. The Morgan fingerprint density at radius 2 is 1.95 bits per heavy atom. The molecule has 0 radical (unpaired) electrons. The van der Waals surface area contributed by atoms with Gasteiger partial charge in [-0.2, -0.15) is 0 Å². The molecule has 0 atom stereocenters. The van der Waals surface area contributed by atoms with Crippen molar-refractivity contribution in [3.05, 3.63) is 53.9 Å². The van der Waals surface area contributed by atoms with E-state index in [2.05, 4.69) is 35.0 Å². The molecule has 0 saturated carbocycles. The number of aromatic nitrogens is 1. The molecule has 0 bridgehead atoms. The molecular formula is C18H22N2O2. The minimum Gasteiger partial charge on any atom is -0.497 e. The second kappa shape index (κ2) is 5.97.